The molecule has 7 heteroatoms. The third-order valence-electron chi connectivity index (χ3n) is 5.27. The first-order valence-corrected chi connectivity index (χ1v) is 9.35. The van der Waals surface area contributed by atoms with Crippen LogP contribution in [0.3, 0.4) is 0 Å². The topological polar surface area (TPSA) is 64.0 Å². The molecule has 30 heavy (non-hydrogen) atoms. The first-order valence-electron chi connectivity index (χ1n) is 9.35. The summed E-state index contributed by atoms with van der Waals surface area (Å²) in [6.07, 6.45) is 1.39. The molecule has 0 aliphatic carbocycles. The van der Waals surface area contributed by atoms with Crippen molar-refractivity contribution in [2.75, 3.05) is 5.32 Å². The van der Waals surface area contributed by atoms with Crippen LogP contribution in [0, 0.1) is 11.6 Å². The fraction of sp³-hybridized carbons (Fsp3) is 0.0870. The number of benzene rings is 3. The zero-order chi connectivity index (χ0) is 20.8. The molecular weight excluding hydrogens is 388 g/mol. The van der Waals surface area contributed by atoms with Gasteiger partial charge in [-0.25, -0.2) is 13.8 Å². The Kier molecular flexibility index (Phi) is 4.17. The molecule has 0 atom stereocenters. The van der Waals surface area contributed by atoms with Crippen molar-refractivity contribution in [2.45, 2.75) is 13.0 Å². The van der Waals surface area contributed by atoms with Crippen LogP contribution in [0.15, 0.2) is 65.6 Å². The van der Waals surface area contributed by atoms with Crippen LogP contribution in [0.2, 0.25) is 0 Å². The maximum absolute atomic E-state index is 14.9. The number of anilines is 1. The highest BCUT2D eigenvalue weighted by Gasteiger charge is 2.19. The Labute approximate surface area is 171 Å². The van der Waals surface area contributed by atoms with Crippen molar-refractivity contribution in [3.8, 4) is 11.1 Å². The summed E-state index contributed by atoms with van der Waals surface area (Å²) < 4.78 is 31.1. The lowest BCUT2D eigenvalue weighted by atomic mass is 9.99. The van der Waals surface area contributed by atoms with Gasteiger partial charge in [0.15, 0.2) is 0 Å². The maximum atomic E-state index is 14.9. The van der Waals surface area contributed by atoms with E-state index in [1.165, 1.54) is 16.7 Å². The highest BCUT2D eigenvalue weighted by Crippen LogP contribution is 2.31. The second-order valence-electron chi connectivity index (χ2n) is 7.19. The molecule has 0 fully saturated rings. The zero-order valence-corrected chi connectivity index (χ0v) is 15.7. The van der Waals surface area contributed by atoms with Gasteiger partial charge in [-0.1, -0.05) is 18.2 Å². The van der Waals surface area contributed by atoms with Gasteiger partial charge in [0.2, 0.25) is 5.91 Å². The van der Waals surface area contributed by atoms with Crippen LogP contribution in [0.5, 0.6) is 0 Å². The third kappa shape index (κ3) is 3.04. The van der Waals surface area contributed by atoms with Gasteiger partial charge in [-0.3, -0.25) is 9.59 Å². The first-order chi connectivity index (χ1) is 14.5. The highest BCUT2D eigenvalue weighted by atomic mass is 19.1. The van der Waals surface area contributed by atoms with E-state index >= 15 is 0 Å². The molecule has 2 heterocycles. The van der Waals surface area contributed by atoms with Crippen LogP contribution in [-0.2, 0) is 17.8 Å². The summed E-state index contributed by atoms with van der Waals surface area (Å²) in [7, 11) is 0. The Morgan fingerprint density at radius 1 is 1.00 bits per heavy atom. The van der Waals surface area contributed by atoms with E-state index < -0.39 is 17.2 Å². The van der Waals surface area contributed by atoms with E-state index in [1.54, 1.807) is 42.5 Å². The monoisotopic (exact) mass is 405 g/mol. The lowest BCUT2D eigenvalue weighted by molar-refractivity contribution is -0.115. The molecule has 0 spiro atoms. The van der Waals surface area contributed by atoms with Crippen molar-refractivity contribution in [1.82, 2.24) is 9.55 Å². The molecule has 1 aliphatic rings. The van der Waals surface area contributed by atoms with Crippen LogP contribution < -0.4 is 10.9 Å². The number of carbonyl (C=O) groups excluding carboxylic acids is 1. The summed E-state index contributed by atoms with van der Waals surface area (Å²) in [5.74, 6) is -1.59. The van der Waals surface area contributed by atoms with E-state index in [1.807, 2.05) is 0 Å². The molecule has 0 saturated carbocycles. The fourth-order valence-electron chi connectivity index (χ4n) is 3.77. The molecular formula is C23H17F2N3O2. The molecule has 1 amide bonds. The summed E-state index contributed by atoms with van der Waals surface area (Å²) in [4.78, 5) is 27.9. The lowest BCUT2D eigenvalue weighted by Crippen LogP contribution is -2.22. The number of hydrogen-bond donors (Lipinski definition) is 1. The van der Waals surface area contributed by atoms with Gasteiger partial charge in [0, 0.05) is 12.7 Å². The number of hydrogen-bond acceptors (Lipinski definition) is 3. The minimum absolute atomic E-state index is 0. The zero-order valence-electron chi connectivity index (χ0n) is 15.7. The van der Waals surface area contributed by atoms with Crippen LogP contribution >= 0.6 is 0 Å². The van der Waals surface area contributed by atoms with E-state index in [2.05, 4.69) is 10.3 Å². The molecule has 0 unspecified atom stereocenters. The summed E-state index contributed by atoms with van der Waals surface area (Å²) in [6.45, 7) is -0.248. The van der Waals surface area contributed by atoms with Gasteiger partial charge in [-0.05, 0) is 53.1 Å². The average molecular weight is 405 g/mol. The maximum Gasteiger partial charge on any atom is 0.269 e. The number of fused-ring (bicyclic) bond motifs is 2. The van der Waals surface area contributed by atoms with Gasteiger partial charge in [0.1, 0.15) is 11.6 Å². The third-order valence-corrected chi connectivity index (χ3v) is 5.27. The molecule has 4 aromatic rings. The van der Waals surface area contributed by atoms with Crippen molar-refractivity contribution in [3.63, 3.8) is 0 Å². The Hall–Kier alpha value is -3.87. The van der Waals surface area contributed by atoms with Crippen LogP contribution in [0.4, 0.5) is 14.5 Å². The predicted molar refractivity (Wildman–Crippen MR) is 111 cm³/mol. The molecule has 0 radical (unpaired) electrons. The quantitative estimate of drug-likeness (QED) is 0.557. The van der Waals surface area contributed by atoms with Gasteiger partial charge >= 0.3 is 0 Å². The summed E-state index contributed by atoms with van der Waals surface area (Å²) in [5, 5.41) is 2.73. The molecule has 0 saturated heterocycles. The largest absolute Gasteiger partial charge is 0.326 e. The van der Waals surface area contributed by atoms with Gasteiger partial charge in [0.05, 0.1) is 30.2 Å². The van der Waals surface area contributed by atoms with Crippen molar-refractivity contribution in [3.05, 3.63) is 93.9 Å². The fourth-order valence-corrected chi connectivity index (χ4v) is 3.77. The van der Waals surface area contributed by atoms with E-state index in [-0.39, 0.29) is 25.9 Å². The molecule has 0 bridgehead atoms. The van der Waals surface area contributed by atoms with E-state index in [0.29, 0.717) is 27.8 Å². The first kappa shape index (κ1) is 18.2. The minimum Gasteiger partial charge on any atom is -0.326 e. The number of nitrogens with zero attached hydrogens (tertiary/aromatic N) is 2. The van der Waals surface area contributed by atoms with Crippen molar-refractivity contribution in [2.24, 2.45) is 0 Å². The summed E-state index contributed by atoms with van der Waals surface area (Å²) in [6, 6.07) is 14.6. The number of aromatic nitrogens is 2. The molecule has 1 aromatic heterocycles. The normalized spacial score (nSPS) is 12.8. The number of halogens is 2. The van der Waals surface area contributed by atoms with E-state index in [4.69, 9.17) is 0 Å². The molecule has 5 nitrogen and oxygen atoms in total. The lowest BCUT2D eigenvalue weighted by Gasteiger charge is -2.13. The second-order valence-corrected chi connectivity index (χ2v) is 7.19. The second kappa shape index (κ2) is 6.88. The van der Waals surface area contributed by atoms with Crippen molar-refractivity contribution in [1.29, 1.82) is 0 Å². The smallest absolute Gasteiger partial charge is 0.269 e. The number of nitrogens with one attached hydrogen (secondary N) is 1. The molecule has 1 aliphatic heterocycles. The number of rotatable bonds is 3. The molecule has 3 aromatic carbocycles. The SMILES string of the molecule is O=C1Cc2cc(-c3cc(F)c(Cn4c(=O)cnc5ccccc54)c(F)c3)ccc2N1.[HH]. The van der Waals surface area contributed by atoms with Gasteiger partial charge in [-0.15, -0.1) is 0 Å². The van der Waals surface area contributed by atoms with Gasteiger partial charge < -0.3 is 9.88 Å². The number of para-hydroxylation sites is 2. The Morgan fingerprint density at radius 2 is 1.77 bits per heavy atom. The summed E-state index contributed by atoms with van der Waals surface area (Å²) >= 11 is 0. The number of amides is 1. The molecule has 150 valence electrons. The number of carbonyl (C=O) groups is 1. The average Bonchev–Trinajstić information content (AvgIpc) is 3.11. The van der Waals surface area contributed by atoms with Gasteiger partial charge in [-0.2, -0.15) is 0 Å². The molecule has 5 rings (SSSR count). The summed E-state index contributed by atoms with van der Waals surface area (Å²) in [5.41, 5.74) is 2.91. The van der Waals surface area contributed by atoms with E-state index in [0.717, 1.165) is 11.8 Å². The minimum atomic E-state index is -0.743. The van der Waals surface area contributed by atoms with Gasteiger partial charge in [0.25, 0.3) is 5.56 Å². The van der Waals surface area contributed by atoms with Crippen LogP contribution in [-0.4, -0.2) is 15.5 Å². The standard InChI is InChI=1S/C23H15F2N3O2.H2/c24-17-8-14(13-5-6-19-15(7-13)10-22(29)27-19)9-18(25)16(17)12-28-21-4-2-1-3-20(21)26-11-23(28)30;/h1-9,11H,10,12H2,(H,27,29);1H. The van der Waals surface area contributed by atoms with Crippen molar-refractivity contribution >= 4 is 22.6 Å². The Balaban J connectivity index is 0.00000231. The van der Waals surface area contributed by atoms with Crippen molar-refractivity contribution < 1.29 is 15.0 Å². The highest BCUT2D eigenvalue weighted by molar-refractivity contribution is 5.99. The predicted octanol–water partition coefficient (Wildman–Crippen LogP) is 4.13. The van der Waals surface area contributed by atoms with Crippen LogP contribution in [0.1, 0.15) is 12.6 Å². The molecule has 1 N–H and O–H groups in total. The van der Waals surface area contributed by atoms with Crippen LogP contribution in [0.25, 0.3) is 22.2 Å². The Morgan fingerprint density at radius 3 is 2.57 bits per heavy atom. The Bertz CT molecular complexity index is 1380. The van der Waals surface area contributed by atoms with E-state index in [9.17, 15) is 18.4 Å².